The Morgan fingerprint density at radius 3 is 2.69 bits per heavy atom. The van der Waals surface area contributed by atoms with Crippen molar-refractivity contribution in [3.8, 4) is 5.75 Å². The van der Waals surface area contributed by atoms with E-state index in [0.29, 0.717) is 38.9 Å². The second-order valence-electron chi connectivity index (χ2n) is 6.56. The minimum absolute atomic E-state index is 0.0435. The average Bonchev–Trinajstić information content (AvgIpc) is 3.04. The summed E-state index contributed by atoms with van der Waals surface area (Å²) in [5.74, 6) is -2.54. The maximum Gasteiger partial charge on any atom is 0.288 e. The number of carbonyl (C=O) groups excluding carboxylic acids is 2. The summed E-state index contributed by atoms with van der Waals surface area (Å²) in [5.41, 5.74) is 1.04. The molecule has 2 aromatic carbocycles. The quantitative estimate of drug-likeness (QED) is 0.399. The molecule has 0 aliphatic carbocycles. The van der Waals surface area contributed by atoms with E-state index in [4.69, 9.17) is 4.74 Å². The monoisotopic (exact) mass is 477 g/mol. The van der Waals surface area contributed by atoms with Gasteiger partial charge in [0.2, 0.25) is 11.8 Å². The van der Waals surface area contributed by atoms with E-state index in [1.807, 2.05) is 0 Å². The SMILES string of the molecule is C=CCN1C(=O)C(CC(=O)Nc2ccccc2OC)SC1=Nc1ccc(SC(F)F)cc1. The van der Waals surface area contributed by atoms with Gasteiger partial charge in [-0.1, -0.05) is 41.7 Å². The van der Waals surface area contributed by atoms with Gasteiger partial charge < -0.3 is 10.1 Å². The van der Waals surface area contributed by atoms with Gasteiger partial charge in [-0.05, 0) is 36.4 Å². The van der Waals surface area contributed by atoms with Crippen LogP contribution in [0.15, 0.2) is 71.1 Å². The van der Waals surface area contributed by atoms with E-state index in [2.05, 4.69) is 16.9 Å². The van der Waals surface area contributed by atoms with Crippen molar-refractivity contribution in [2.45, 2.75) is 22.3 Å². The second-order valence-corrected chi connectivity index (χ2v) is 8.80. The zero-order valence-electron chi connectivity index (χ0n) is 17.2. The van der Waals surface area contributed by atoms with E-state index in [-0.39, 0.29) is 24.8 Å². The van der Waals surface area contributed by atoms with Crippen LogP contribution < -0.4 is 10.1 Å². The molecule has 3 rings (SSSR count). The summed E-state index contributed by atoms with van der Waals surface area (Å²) >= 11 is 1.64. The predicted molar refractivity (Wildman–Crippen MR) is 125 cm³/mol. The Balaban J connectivity index is 1.72. The molecule has 1 aliphatic rings. The number of alkyl halides is 2. The first-order chi connectivity index (χ1) is 15.4. The van der Waals surface area contributed by atoms with E-state index in [9.17, 15) is 18.4 Å². The van der Waals surface area contributed by atoms with E-state index in [1.165, 1.54) is 23.8 Å². The molecule has 2 amide bonds. The number of anilines is 1. The number of hydrogen-bond donors (Lipinski definition) is 1. The minimum Gasteiger partial charge on any atom is -0.495 e. The summed E-state index contributed by atoms with van der Waals surface area (Å²) < 4.78 is 30.2. The number of nitrogens with one attached hydrogen (secondary N) is 1. The van der Waals surface area contributed by atoms with E-state index in [1.54, 1.807) is 54.6 Å². The Hall–Kier alpha value is -2.85. The van der Waals surface area contributed by atoms with Crippen LogP contribution >= 0.6 is 23.5 Å². The molecule has 0 radical (unpaired) electrons. The van der Waals surface area contributed by atoms with Gasteiger partial charge in [-0.2, -0.15) is 8.78 Å². The average molecular weight is 478 g/mol. The van der Waals surface area contributed by atoms with Crippen molar-refractivity contribution in [1.82, 2.24) is 4.90 Å². The lowest BCUT2D eigenvalue weighted by molar-refractivity contribution is -0.127. The fraction of sp³-hybridized carbons (Fsp3) is 0.227. The molecule has 0 spiro atoms. The number of benzene rings is 2. The van der Waals surface area contributed by atoms with Gasteiger partial charge in [0.25, 0.3) is 5.76 Å². The molecule has 1 fully saturated rings. The van der Waals surface area contributed by atoms with Crippen molar-refractivity contribution >= 4 is 51.9 Å². The van der Waals surface area contributed by atoms with Crippen LogP contribution in [-0.4, -0.2) is 46.5 Å². The number of amides is 2. The number of aliphatic imine (C=N–C) groups is 1. The molecule has 1 atom stereocenters. The molecular formula is C22H21F2N3O3S2. The molecule has 2 aromatic rings. The van der Waals surface area contributed by atoms with Gasteiger partial charge in [0.05, 0.1) is 18.5 Å². The van der Waals surface area contributed by atoms with Crippen molar-refractivity contribution in [3.63, 3.8) is 0 Å². The number of methoxy groups -OCH3 is 1. The lowest BCUT2D eigenvalue weighted by Crippen LogP contribution is -2.33. The topological polar surface area (TPSA) is 71.0 Å². The highest BCUT2D eigenvalue weighted by Crippen LogP contribution is 2.33. The fourth-order valence-electron chi connectivity index (χ4n) is 2.95. The number of para-hydroxylation sites is 2. The van der Waals surface area contributed by atoms with Crippen LogP contribution in [0.2, 0.25) is 0 Å². The molecule has 32 heavy (non-hydrogen) atoms. The zero-order chi connectivity index (χ0) is 23.1. The summed E-state index contributed by atoms with van der Waals surface area (Å²) in [4.78, 5) is 31.8. The van der Waals surface area contributed by atoms with Crippen molar-refractivity contribution in [2.75, 3.05) is 19.0 Å². The summed E-state index contributed by atoms with van der Waals surface area (Å²) in [6, 6.07) is 13.3. The molecule has 1 saturated heterocycles. The normalized spacial score (nSPS) is 17.1. The number of hydrogen-bond acceptors (Lipinski definition) is 6. The largest absolute Gasteiger partial charge is 0.495 e. The Morgan fingerprint density at radius 2 is 2.03 bits per heavy atom. The van der Waals surface area contributed by atoms with Gasteiger partial charge in [0.1, 0.15) is 11.0 Å². The third kappa shape index (κ3) is 6.10. The maximum atomic E-state index is 12.9. The Morgan fingerprint density at radius 1 is 1.31 bits per heavy atom. The van der Waals surface area contributed by atoms with Gasteiger partial charge in [-0.25, -0.2) is 4.99 Å². The van der Waals surface area contributed by atoms with Crippen molar-refractivity contribution in [1.29, 1.82) is 0 Å². The fourth-order valence-corrected chi connectivity index (χ4v) is 4.62. The molecule has 1 N–H and O–H groups in total. The third-order valence-electron chi connectivity index (χ3n) is 4.37. The van der Waals surface area contributed by atoms with Crippen LogP contribution in [0, 0.1) is 0 Å². The highest BCUT2D eigenvalue weighted by atomic mass is 32.2. The van der Waals surface area contributed by atoms with Crippen LogP contribution in [-0.2, 0) is 9.59 Å². The van der Waals surface area contributed by atoms with Gasteiger partial charge in [-0.15, -0.1) is 6.58 Å². The summed E-state index contributed by atoms with van der Waals surface area (Å²) in [6.45, 7) is 3.92. The van der Waals surface area contributed by atoms with Crippen LogP contribution in [0.5, 0.6) is 5.75 Å². The molecule has 1 aliphatic heterocycles. The van der Waals surface area contributed by atoms with Crippen molar-refractivity contribution in [3.05, 3.63) is 61.2 Å². The first-order valence-electron chi connectivity index (χ1n) is 9.56. The molecule has 0 saturated carbocycles. The van der Waals surface area contributed by atoms with Gasteiger partial charge in [0.15, 0.2) is 5.17 Å². The van der Waals surface area contributed by atoms with Crippen LogP contribution in [0.4, 0.5) is 20.2 Å². The van der Waals surface area contributed by atoms with Crippen molar-refractivity contribution < 1.29 is 23.1 Å². The maximum absolute atomic E-state index is 12.9. The number of ether oxygens (including phenoxy) is 1. The number of amidine groups is 1. The Labute approximate surface area is 193 Å². The number of carbonyl (C=O) groups is 2. The predicted octanol–water partition coefficient (Wildman–Crippen LogP) is 5.16. The zero-order valence-corrected chi connectivity index (χ0v) is 18.8. The first kappa shape index (κ1) is 23.8. The third-order valence-corrected chi connectivity index (χ3v) is 6.27. The number of halogens is 2. The molecular weight excluding hydrogens is 456 g/mol. The first-order valence-corrected chi connectivity index (χ1v) is 11.3. The van der Waals surface area contributed by atoms with Gasteiger partial charge >= 0.3 is 0 Å². The molecule has 10 heteroatoms. The summed E-state index contributed by atoms with van der Waals surface area (Å²) in [6.07, 6.45) is 1.53. The lowest BCUT2D eigenvalue weighted by atomic mass is 10.2. The molecule has 168 valence electrons. The van der Waals surface area contributed by atoms with Crippen LogP contribution in [0.1, 0.15) is 6.42 Å². The molecule has 0 aromatic heterocycles. The lowest BCUT2D eigenvalue weighted by Gasteiger charge is -2.14. The van der Waals surface area contributed by atoms with E-state index >= 15 is 0 Å². The Kier molecular flexibility index (Phi) is 8.29. The molecule has 1 unspecified atom stereocenters. The second kappa shape index (κ2) is 11.1. The smallest absolute Gasteiger partial charge is 0.288 e. The minimum atomic E-state index is -2.50. The summed E-state index contributed by atoms with van der Waals surface area (Å²) in [5, 5.41) is 2.56. The standard InChI is InChI=1S/C22H21F2N3O3S2/c1-3-12-27-20(29)18(13-19(28)26-16-6-4-5-7-17(16)30-2)32-22(27)25-14-8-10-15(11-9-14)31-21(23)24/h3-11,18,21H,1,12-13H2,2H3,(H,26,28). The van der Waals surface area contributed by atoms with Crippen LogP contribution in [0.3, 0.4) is 0 Å². The Bertz CT molecular complexity index is 1020. The highest BCUT2D eigenvalue weighted by molar-refractivity contribution is 8.15. The summed E-state index contributed by atoms with van der Waals surface area (Å²) in [7, 11) is 1.51. The number of rotatable bonds is 9. The van der Waals surface area contributed by atoms with Gasteiger partial charge in [0, 0.05) is 17.9 Å². The highest BCUT2D eigenvalue weighted by Gasteiger charge is 2.38. The molecule has 6 nitrogen and oxygen atoms in total. The van der Waals surface area contributed by atoms with Gasteiger partial charge in [-0.3, -0.25) is 14.5 Å². The van der Waals surface area contributed by atoms with Crippen molar-refractivity contribution in [2.24, 2.45) is 4.99 Å². The molecule has 1 heterocycles. The number of nitrogens with zero attached hydrogens (tertiary/aromatic N) is 2. The molecule has 0 bridgehead atoms. The number of thioether (sulfide) groups is 2. The van der Waals surface area contributed by atoms with E-state index < -0.39 is 11.0 Å². The van der Waals surface area contributed by atoms with Crippen LogP contribution in [0.25, 0.3) is 0 Å². The van der Waals surface area contributed by atoms with E-state index in [0.717, 1.165) is 0 Å².